The highest BCUT2D eigenvalue weighted by Gasteiger charge is 2.24. The third kappa shape index (κ3) is 4.36. The van der Waals surface area contributed by atoms with Crippen molar-refractivity contribution in [1.82, 2.24) is 25.0 Å². The maximum Gasteiger partial charge on any atom is 0.241 e. The molecule has 1 aromatic heterocycles. The Morgan fingerprint density at radius 1 is 1.35 bits per heavy atom. The summed E-state index contributed by atoms with van der Waals surface area (Å²) in [6.07, 6.45) is 1.50. The minimum atomic E-state index is -3.75. The number of hydrogen-bond donors (Lipinski definition) is 2. The highest BCUT2D eigenvalue weighted by Crippen LogP contribution is 2.11. The quantitative estimate of drug-likeness (QED) is 0.795. The van der Waals surface area contributed by atoms with E-state index in [4.69, 9.17) is 0 Å². The van der Waals surface area contributed by atoms with Gasteiger partial charge >= 0.3 is 0 Å². The van der Waals surface area contributed by atoms with E-state index in [1.165, 1.54) is 30.2 Å². The molecule has 124 valence electrons. The van der Waals surface area contributed by atoms with Gasteiger partial charge in [-0.25, -0.2) is 8.42 Å². The molecule has 1 amide bonds. The van der Waals surface area contributed by atoms with E-state index in [1.54, 1.807) is 19.2 Å². The number of nitrogens with one attached hydrogen (secondary N) is 2. The number of H-pyrrole nitrogens is 1. The summed E-state index contributed by atoms with van der Waals surface area (Å²) >= 11 is 0. The van der Waals surface area contributed by atoms with Gasteiger partial charge in [-0.05, 0) is 26.0 Å². The topological polar surface area (TPSA) is 108 Å². The highest BCUT2D eigenvalue weighted by atomic mass is 32.2. The van der Waals surface area contributed by atoms with Gasteiger partial charge in [0.25, 0.3) is 0 Å². The van der Waals surface area contributed by atoms with E-state index in [-0.39, 0.29) is 17.3 Å². The molecule has 1 aromatic carbocycles. The van der Waals surface area contributed by atoms with Gasteiger partial charge in [-0.1, -0.05) is 17.7 Å². The molecule has 0 radical (unpaired) electrons. The van der Waals surface area contributed by atoms with Crippen molar-refractivity contribution in [3.63, 3.8) is 0 Å². The fourth-order valence-electron chi connectivity index (χ4n) is 2.02. The van der Waals surface area contributed by atoms with Gasteiger partial charge in [0.15, 0.2) is 0 Å². The molecule has 2 aromatic rings. The van der Waals surface area contributed by atoms with E-state index in [2.05, 4.69) is 20.1 Å². The van der Waals surface area contributed by atoms with Crippen LogP contribution in [0.1, 0.15) is 18.2 Å². The molecule has 2 N–H and O–H groups in total. The van der Waals surface area contributed by atoms with Gasteiger partial charge in [-0.2, -0.15) is 20.1 Å². The zero-order valence-corrected chi connectivity index (χ0v) is 14.0. The third-order valence-corrected chi connectivity index (χ3v) is 4.83. The number of aromatic amines is 1. The number of carbonyl (C=O) groups is 1. The number of benzene rings is 1. The largest absolute Gasteiger partial charge is 0.338 e. The molecule has 0 fully saturated rings. The van der Waals surface area contributed by atoms with Crippen LogP contribution >= 0.6 is 0 Å². The molecule has 0 aliphatic rings. The van der Waals surface area contributed by atoms with Crippen LogP contribution in [0.5, 0.6) is 0 Å². The molecule has 2 rings (SSSR count). The highest BCUT2D eigenvalue weighted by molar-refractivity contribution is 7.89. The van der Waals surface area contributed by atoms with Crippen LogP contribution in [0.4, 0.5) is 0 Å². The zero-order valence-electron chi connectivity index (χ0n) is 13.1. The molecule has 0 saturated carbocycles. The average Bonchev–Trinajstić information content (AvgIpc) is 2.99. The molecule has 23 heavy (non-hydrogen) atoms. The Kier molecular flexibility index (Phi) is 5.12. The molecule has 0 bridgehead atoms. The van der Waals surface area contributed by atoms with Gasteiger partial charge in [-0.3, -0.25) is 4.79 Å². The lowest BCUT2D eigenvalue weighted by Gasteiger charge is -2.21. The molecule has 0 aliphatic heterocycles. The summed E-state index contributed by atoms with van der Waals surface area (Å²) in [6.45, 7) is 3.62. The van der Waals surface area contributed by atoms with E-state index in [0.717, 1.165) is 5.56 Å². The summed E-state index contributed by atoms with van der Waals surface area (Å²) in [5.41, 5.74) is 1.55. The first-order valence-electron chi connectivity index (χ1n) is 6.98. The van der Waals surface area contributed by atoms with E-state index >= 15 is 0 Å². The molecular weight excluding hydrogens is 318 g/mol. The summed E-state index contributed by atoms with van der Waals surface area (Å²) in [7, 11) is -2.17. The summed E-state index contributed by atoms with van der Waals surface area (Å²) in [5, 5.41) is 9.98. The number of nitrogens with zero attached hydrogens (tertiary/aromatic N) is 3. The van der Waals surface area contributed by atoms with Crippen LogP contribution in [0.25, 0.3) is 0 Å². The predicted octanol–water partition coefficient (Wildman–Crippen LogP) is 0.439. The molecular formula is C14H19N5O3S. The van der Waals surface area contributed by atoms with Crippen molar-refractivity contribution in [1.29, 1.82) is 0 Å². The molecule has 8 nitrogen and oxygen atoms in total. The van der Waals surface area contributed by atoms with Gasteiger partial charge in [0.2, 0.25) is 15.9 Å². The third-order valence-electron chi connectivity index (χ3n) is 3.27. The monoisotopic (exact) mass is 337 g/mol. The van der Waals surface area contributed by atoms with Crippen LogP contribution in [0.3, 0.4) is 0 Å². The second kappa shape index (κ2) is 6.88. The van der Waals surface area contributed by atoms with Crippen LogP contribution in [0, 0.1) is 6.92 Å². The van der Waals surface area contributed by atoms with Crippen molar-refractivity contribution in [2.24, 2.45) is 0 Å². The van der Waals surface area contributed by atoms with E-state index < -0.39 is 16.1 Å². The summed E-state index contributed by atoms with van der Waals surface area (Å²) < 4.78 is 27.0. The van der Waals surface area contributed by atoms with Gasteiger partial charge in [0.05, 0.1) is 23.7 Å². The van der Waals surface area contributed by atoms with Crippen molar-refractivity contribution >= 4 is 15.9 Å². The number of amides is 1. The van der Waals surface area contributed by atoms with Crippen LogP contribution in [-0.2, 0) is 21.4 Å². The summed E-state index contributed by atoms with van der Waals surface area (Å²) in [4.78, 5) is 13.8. The van der Waals surface area contributed by atoms with Gasteiger partial charge in [0.1, 0.15) is 5.69 Å². The Labute approximate surface area is 134 Å². The predicted molar refractivity (Wildman–Crippen MR) is 83.8 cm³/mol. The number of rotatable bonds is 6. The first-order chi connectivity index (χ1) is 10.8. The van der Waals surface area contributed by atoms with Crippen molar-refractivity contribution < 1.29 is 13.2 Å². The van der Waals surface area contributed by atoms with Crippen molar-refractivity contribution in [3.05, 3.63) is 41.7 Å². The van der Waals surface area contributed by atoms with E-state index in [1.807, 2.05) is 6.92 Å². The zero-order chi connectivity index (χ0) is 17.0. The lowest BCUT2D eigenvalue weighted by atomic mass is 10.2. The number of aromatic nitrogens is 3. The van der Waals surface area contributed by atoms with E-state index in [9.17, 15) is 13.2 Å². The summed E-state index contributed by atoms with van der Waals surface area (Å²) in [5.74, 6) is -0.358. The average molecular weight is 337 g/mol. The Morgan fingerprint density at radius 3 is 2.57 bits per heavy atom. The second-order valence-electron chi connectivity index (χ2n) is 5.31. The van der Waals surface area contributed by atoms with Crippen LogP contribution in [0.2, 0.25) is 0 Å². The maximum atomic E-state index is 12.3. The molecule has 0 aliphatic carbocycles. The van der Waals surface area contributed by atoms with Crippen LogP contribution in [0.15, 0.2) is 35.4 Å². The normalized spacial score (nSPS) is 12.8. The minimum absolute atomic E-state index is 0.127. The Balaban J connectivity index is 2.03. The molecule has 0 spiro atoms. The molecule has 1 atom stereocenters. The standard InChI is InChI=1S/C14H19N5O3S/c1-10-4-6-13(7-5-10)23(21,22)17-11(2)14(20)19(3)9-12-8-15-18-16-12/h4-8,11,17H,9H2,1-3H3,(H,15,16,18). The first-order valence-corrected chi connectivity index (χ1v) is 8.46. The lowest BCUT2D eigenvalue weighted by Crippen LogP contribution is -2.45. The van der Waals surface area contributed by atoms with Crippen LogP contribution in [-0.4, -0.2) is 47.7 Å². The van der Waals surface area contributed by atoms with E-state index in [0.29, 0.717) is 5.69 Å². The number of aryl methyl sites for hydroxylation is 1. The molecule has 1 heterocycles. The molecule has 9 heteroatoms. The van der Waals surface area contributed by atoms with Crippen molar-refractivity contribution in [2.45, 2.75) is 31.3 Å². The van der Waals surface area contributed by atoms with Gasteiger partial charge in [-0.15, -0.1) is 0 Å². The number of sulfonamides is 1. The minimum Gasteiger partial charge on any atom is -0.338 e. The van der Waals surface area contributed by atoms with Crippen molar-refractivity contribution in [3.8, 4) is 0 Å². The maximum absolute atomic E-state index is 12.3. The number of hydrogen-bond acceptors (Lipinski definition) is 5. The smallest absolute Gasteiger partial charge is 0.241 e. The number of carbonyl (C=O) groups excluding carboxylic acids is 1. The first kappa shape index (κ1) is 17.1. The van der Waals surface area contributed by atoms with Gasteiger partial charge in [0, 0.05) is 7.05 Å². The Bertz CT molecular complexity index is 756. The van der Waals surface area contributed by atoms with Gasteiger partial charge < -0.3 is 4.90 Å². The second-order valence-corrected chi connectivity index (χ2v) is 7.03. The number of likely N-dealkylation sites (N-methyl/N-ethyl adjacent to an activating group) is 1. The fourth-order valence-corrected chi connectivity index (χ4v) is 3.22. The summed E-state index contributed by atoms with van der Waals surface area (Å²) in [6, 6.07) is 5.54. The van der Waals surface area contributed by atoms with Crippen LogP contribution < -0.4 is 4.72 Å². The Morgan fingerprint density at radius 2 is 2.00 bits per heavy atom. The molecule has 0 saturated heterocycles. The van der Waals surface area contributed by atoms with Crippen molar-refractivity contribution in [2.75, 3.05) is 7.05 Å². The SMILES string of the molecule is Cc1ccc(S(=O)(=O)NC(C)C(=O)N(C)Cc2cn[nH]n2)cc1. The fraction of sp³-hybridized carbons (Fsp3) is 0.357. The molecule has 1 unspecified atom stereocenters. The lowest BCUT2D eigenvalue weighted by molar-refractivity contribution is -0.131. The Hall–Kier alpha value is -2.26.